The number of hydrogen-bond donors (Lipinski definition) is 0. The standard InChI is InChI=1S/C28H29FN6O/c29-34(24-10-2-1-3-11-24)28(36)35-26-13-7-6-12-25(26)27(30-35)33-18-16-31(17-19-33)14-15-32-20-22-8-4-5-9-23(22)21-32/h1-13H,14-21H2. The molecule has 1 amide bonds. The lowest BCUT2D eigenvalue weighted by molar-refractivity contribution is 0.197. The first-order valence-electron chi connectivity index (χ1n) is 12.5. The first kappa shape index (κ1) is 22.7. The molecule has 6 rings (SSSR count). The average Bonchev–Trinajstić information content (AvgIpc) is 3.53. The molecule has 1 aromatic heterocycles. The van der Waals surface area contributed by atoms with Gasteiger partial charge in [0, 0.05) is 57.7 Å². The van der Waals surface area contributed by atoms with E-state index in [1.54, 1.807) is 30.3 Å². The Morgan fingerprint density at radius 3 is 2.11 bits per heavy atom. The molecule has 1 saturated heterocycles. The number of para-hydroxylation sites is 2. The molecule has 2 aliphatic heterocycles. The van der Waals surface area contributed by atoms with E-state index >= 15 is 0 Å². The van der Waals surface area contributed by atoms with Crippen molar-refractivity contribution in [3.8, 4) is 0 Å². The molecule has 2 aliphatic rings. The van der Waals surface area contributed by atoms with Crippen molar-refractivity contribution in [2.75, 3.05) is 49.3 Å². The van der Waals surface area contributed by atoms with E-state index in [9.17, 15) is 9.28 Å². The van der Waals surface area contributed by atoms with E-state index < -0.39 is 6.03 Å². The van der Waals surface area contributed by atoms with Gasteiger partial charge >= 0.3 is 6.03 Å². The van der Waals surface area contributed by atoms with Crippen LogP contribution in [0.3, 0.4) is 0 Å². The van der Waals surface area contributed by atoms with Gasteiger partial charge in [0.15, 0.2) is 5.82 Å². The SMILES string of the molecule is O=C(N(F)c1ccccc1)n1nc(N2CCN(CCN3Cc4ccccc4C3)CC2)c2ccccc21. The highest BCUT2D eigenvalue weighted by atomic mass is 19.2. The van der Waals surface area contributed by atoms with Crippen molar-refractivity contribution in [2.45, 2.75) is 13.1 Å². The second kappa shape index (κ2) is 9.72. The topological polar surface area (TPSA) is 47.9 Å². The molecule has 0 spiro atoms. The number of rotatable bonds is 5. The van der Waals surface area contributed by atoms with E-state index in [0.29, 0.717) is 5.52 Å². The van der Waals surface area contributed by atoms with Gasteiger partial charge < -0.3 is 4.90 Å². The van der Waals surface area contributed by atoms with Crippen molar-refractivity contribution in [3.05, 3.63) is 90.0 Å². The van der Waals surface area contributed by atoms with Gasteiger partial charge in [-0.3, -0.25) is 9.80 Å². The molecule has 8 heteroatoms. The van der Waals surface area contributed by atoms with Gasteiger partial charge in [-0.15, -0.1) is 10.2 Å². The highest BCUT2D eigenvalue weighted by Crippen LogP contribution is 2.28. The summed E-state index contributed by atoms with van der Waals surface area (Å²) in [6.07, 6.45) is 0. The molecule has 36 heavy (non-hydrogen) atoms. The molecule has 3 heterocycles. The Morgan fingerprint density at radius 2 is 1.39 bits per heavy atom. The summed E-state index contributed by atoms with van der Waals surface area (Å²) in [6, 6.07) is 23.7. The van der Waals surface area contributed by atoms with Crippen molar-refractivity contribution in [1.29, 1.82) is 0 Å². The van der Waals surface area contributed by atoms with Crippen molar-refractivity contribution >= 4 is 28.4 Å². The molecule has 0 aliphatic carbocycles. The maximum atomic E-state index is 14.9. The molecule has 0 saturated carbocycles. The van der Waals surface area contributed by atoms with E-state index in [4.69, 9.17) is 0 Å². The maximum absolute atomic E-state index is 14.9. The number of benzene rings is 3. The molecule has 4 aromatic rings. The summed E-state index contributed by atoms with van der Waals surface area (Å²) < 4.78 is 16.1. The van der Waals surface area contributed by atoms with Crippen LogP contribution in [0, 0.1) is 0 Å². The summed E-state index contributed by atoms with van der Waals surface area (Å²) in [7, 11) is 0. The van der Waals surface area contributed by atoms with Gasteiger partial charge in [-0.1, -0.05) is 59.1 Å². The summed E-state index contributed by atoms with van der Waals surface area (Å²) in [5.41, 5.74) is 3.67. The predicted molar refractivity (Wildman–Crippen MR) is 140 cm³/mol. The zero-order valence-corrected chi connectivity index (χ0v) is 20.1. The number of amides is 1. The predicted octanol–water partition coefficient (Wildman–Crippen LogP) is 4.53. The van der Waals surface area contributed by atoms with Crippen LogP contribution in [0.4, 0.5) is 20.8 Å². The maximum Gasteiger partial charge on any atom is 0.378 e. The fraction of sp³-hybridized carbons (Fsp3) is 0.286. The van der Waals surface area contributed by atoms with Crippen molar-refractivity contribution in [2.24, 2.45) is 0 Å². The van der Waals surface area contributed by atoms with Gasteiger partial charge in [-0.25, -0.2) is 4.79 Å². The molecule has 1 fully saturated rings. The van der Waals surface area contributed by atoms with E-state index in [0.717, 1.165) is 63.6 Å². The third kappa shape index (κ3) is 4.34. The summed E-state index contributed by atoms with van der Waals surface area (Å²) in [4.78, 5) is 20.2. The van der Waals surface area contributed by atoms with Gasteiger partial charge in [0.2, 0.25) is 0 Å². The van der Waals surface area contributed by atoms with Crippen LogP contribution in [0.1, 0.15) is 11.1 Å². The van der Waals surface area contributed by atoms with Crippen LogP contribution < -0.4 is 10.0 Å². The number of hydrogen-bond acceptors (Lipinski definition) is 5. The van der Waals surface area contributed by atoms with Crippen LogP contribution in [0.15, 0.2) is 78.9 Å². The minimum atomic E-state index is -0.825. The van der Waals surface area contributed by atoms with Gasteiger partial charge in [0.25, 0.3) is 0 Å². The number of nitrogens with zero attached hydrogens (tertiary/aromatic N) is 6. The Kier molecular flexibility index (Phi) is 6.13. The molecule has 0 unspecified atom stereocenters. The van der Waals surface area contributed by atoms with Crippen molar-refractivity contribution in [1.82, 2.24) is 19.6 Å². The van der Waals surface area contributed by atoms with Crippen LogP contribution in [0.2, 0.25) is 0 Å². The number of aromatic nitrogens is 2. The Balaban J connectivity index is 1.12. The zero-order valence-electron chi connectivity index (χ0n) is 20.1. The van der Waals surface area contributed by atoms with Crippen LogP contribution in [-0.4, -0.2) is 64.9 Å². The van der Waals surface area contributed by atoms with E-state index in [2.05, 4.69) is 44.1 Å². The van der Waals surface area contributed by atoms with Crippen LogP contribution in [0.5, 0.6) is 0 Å². The van der Waals surface area contributed by atoms with E-state index in [-0.39, 0.29) is 10.8 Å². The number of piperazine rings is 1. The fourth-order valence-electron chi connectivity index (χ4n) is 5.21. The molecule has 3 aromatic carbocycles. The summed E-state index contributed by atoms with van der Waals surface area (Å²) in [5, 5.41) is 5.61. The second-order valence-corrected chi connectivity index (χ2v) is 9.46. The number of halogens is 1. The van der Waals surface area contributed by atoms with Gasteiger partial charge in [0.1, 0.15) is 0 Å². The van der Waals surface area contributed by atoms with E-state index in [1.807, 2.05) is 24.3 Å². The minimum Gasteiger partial charge on any atom is -0.352 e. The van der Waals surface area contributed by atoms with Crippen molar-refractivity contribution in [3.63, 3.8) is 0 Å². The van der Waals surface area contributed by atoms with Crippen LogP contribution in [0.25, 0.3) is 10.9 Å². The first-order valence-corrected chi connectivity index (χ1v) is 12.5. The molecule has 0 bridgehead atoms. The second-order valence-electron chi connectivity index (χ2n) is 9.46. The zero-order chi connectivity index (χ0) is 24.5. The highest BCUT2D eigenvalue weighted by molar-refractivity contribution is 6.01. The fourth-order valence-corrected chi connectivity index (χ4v) is 5.21. The van der Waals surface area contributed by atoms with Gasteiger partial charge in [-0.05, 0) is 35.4 Å². The Labute approximate surface area is 209 Å². The van der Waals surface area contributed by atoms with Crippen LogP contribution >= 0.6 is 0 Å². The lowest BCUT2D eigenvalue weighted by Crippen LogP contribution is -2.48. The number of fused-ring (bicyclic) bond motifs is 2. The number of anilines is 2. The monoisotopic (exact) mass is 484 g/mol. The quantitative estimate of drug-likeness (QED) is 0.390. The molecule has 0 N–H and O–H groups in total. The van der Waals surface area contributed by atoms with Crippen LogP contribution in [-0.2, 0) is 13.1 Å². The summed E-state index contributed by atoms with van der Waals surface area (Å²) in [5.74, 6) is 0.732. The highest BCUT2D eigenvalue weighted by Gasteiger charge is 2.27. The Morgan fingerprint density at radius 1 is 0.778 bits per heavy atom. The van der Waals surface area contributed by atoms with Gasteiger partial charge in [0.05, 0.1) is 11.2 Å². The Bertz CT molecular complexity index is 1340. The van der Waals surface area contributed by atoms with Crippen molar-refractivity contribution < 1.29 is 9.28 Å². The largest absolute Gasteiger partial charge is 0.378 e. The molecular formula is C28H29FN6O. The van der Waals surface area contributed by atoms with Gasteiger partial charge in [-0.2, -0.15) is 4.68 Å². The summed E-state index contributed by atoms with van der Waals surface area (Å²) >= 11 is 0. The molecule has 0 atom stereocenters. The lowest BCUT2D eigenvalue weighted by Gasteiger charge is -2.35. The smallest absolute Gasteiger partial charge is 0.352 e. The third-order valence-corrected chi connectivity index (χ3v) is 7.21. The number of carbonyl (C=O) groups excluding carboxylic acids is 1. The third-order valence-electron chi connectivity index (χ3n) is 7.21. The lowest BCUT2D eigenvalue weighted by atomic mass is 10.1. The molecule has 0 radical (unpaired) electrons. The minimum absolute atomic E-state index is 0.151. The summed E-state index contributed by atoms with van der Waals surface area (Å²) in [6.45, 7) is 7.62. The normalized spacial score (nSPS) is 16.4. The molecular weight excluding hydrogens is 455 g/mol. The van der Waals surface area contributed by atoms with E-state index in [1.165, 1.54) is 15.8 Å². The first-order chi connectivity index (χ1) is 17.7. The number of carbonyl (C=O) groups is 1. The molecule has 7 nitrogen and oxygen atoms in total. The average molecular weight is 485 g/mol. The Hall–Kier alpha value is -3.75. The molecule has 184 valence electrons.